The van der Waals surface area contributed by atoms with Crippen LogP contribution >= 0.6 is 11.3 Å². The first kappa shape index (κ1) is 33.2. The molecule has 0 aliphatic rings. The van der Waals surface area contributed by atoms with Crippen LogP contribution in [0.25, 0.3) is 75.2 Å². The summed E-state index contributed by atoms with van der Waals surface area (Å²) >= 11 is 1.88. The van der Waals surface area contributed by atoms with Crippen molar-refractivity contribution in [3.63, 3.8) is 0 Å². The van der Waals surface area contributed by atoms with Gasteiger partial charge in [-0.2, -0.15) is 0 Å². The van der Waals surface area contributed by atoms with Gasteiger partial charge >= 0.3 is 0 Å². The predicted octanol–water partition coefficient (Wildman–Crippen LogP) is 11.6. The van der Waals surface area contributed by atoms with E-state index in [1.165, 1.54) is 90.2 Å². The topological polar surface area (TPSA) is 9.86 Å². The van der Waals surface area contributed by atoms with E-state index in [1.807, 2.05) is 11.3 Å². The molecule has 3 heterocycles. The van der Waals surface area contributed by atoms with Gasteiger partial charge in [0, 0.05) is 53.1 Å². The predicted molar refractivity (Wildman–Crippen MR) is 252 cm³/mol. The van der Waals surface area contributed by atoms with E-state index < -0.39 is 8.07 Å². The smallest absolute Gasteiger partial charge is 0.179 e. The highest BCUT2D eigenvalue weighted by atomic mass is 32.1. The van der Waals surface area contributed by atoms with Crippen molar-refractivity contribution in [1.29, 1.82) is 0 Å². The minimum absolute atomic E-state index is 1.16. The molecule has 0 saturated carbocycles. The average molecular weight is 773 g/mol. The lowest BCUT2D eigenvalue weighted by atomic mass is 10.1. The van der Waals surface area contributed by atoms with Crippen LogP contribution in [-0.4, -0.2) is 17.2 Å². The molecule has 9 aromatic carbocycles. The molecule has 0 fully saturated rings. The quantitative estimate of drug-likeness (QED) is 0.118. The first-order valence-electron chi connectivity index (χ1n) is 19.9. The van der Waals surface area contributed by atoms with Gasteiger partial charge in [-0.1, -0.05) is 158 Å². The summed E-state index contributed by atoms with van der Waals surface area (Å²) in [6, 6.07) is 81.5. The third kappa shape index (κ3) is 4.76. The maximum atomic E-state index is 2.50. The molecule has 0 atom stereocenters. The molecule has 0 saturated heterocycles. The Labute approximate surface area is 341 Å². The summed E-state index contributed by atoms with van der Waals surface area (Å²) in [4.78, 5) is 0. The van der Waals surface area contributed by atoms with Crippen LogP contribution in [0.4, 0.5) is 0 Å². The summed E-state index contributed by atoms with van der Waals surface area (Å²) in [6.07, 6.45) is 0. The third-order valence-electron chi connectivity index (χ3n) is 12.3. The van der Waals surface area contributed by atoms with Gasteiger partial charge in [-0.05, 0) is 81.4 Å². The van der Waals surface area contributed by atoms with Crippen LogP contribution in [0.2, 0.25) is 0 Å². The van der Waals surface area contributed by atoms with Gasteiger partial charge in [-0.25, -0.2) is 0 Å². The van der Waals surface area contributed by atoms with Gasteiger partial charge in [-0.3, -0.25) is 0 Å². The first-order chi connectivity index (χ1) is 28.8. The molecule has 3 aromatic heterocycles. The molecule has 272 valence electrons. The van der Waals surface area contributed by atoms with Crippen LogP contribution in [-0.2, 0) is 0 Å². The van der Waals surface area contributed by atoms with Crippen molar-refractivity contribution in [1.82, 2.24) is 9.13 Å². The highest BCUT2D eigenvalue weighted by molar-refractivity contribution is 7.26. The van der Waals surface area contributed by atoms with E-state index in [-0.39, 0.29) is 0 Å². The molecular formula is C54H36N2SSi. The van der Waals surface area contributed by atoms with E-state index in [9.17, 15) is 0 Å². The highest BCUT2D eigenvalue weighted by Gasteiger charge is 2.41. The van der Waals surface area contributed by atoms with Gasteiger partial charge in [0.2, 0.25) is 0 Å². The summed E-state index contributed by atoms with van der Waals surface area (Å²) in [5, 5.41) is 13.2. The van der Waals surface area contributed by atoms with E-state index in [0.29, 0.717) is 0 Å². The zero-order valence-corrected chi connectivity index (χ0v) is 33.4. The van der Waals surface area contributed by atoms with Crippen molar-refractivity contribution >= 4 is 104 Å². The van der Waals surface area contributed by atoms with Crippen LogP contribution in [0, 0.1) is 0 Å². The second kappa shape index (κ2) is 13.0. The Morgan fingerprint density at radius 2 is 0.793 bits per heavy atom. The van der Waals surface area contributed by atoms with Crippen molar-refractivity contribution in [2.24, 2.45) is 0 Å². The van der Waals surface area contributed by atoms with Crippen LogP contribution < -0.4 is 20.7 Å². The van der Waals surface area contributed by atoms with Crippen LogP contribution in [0.15, 0.2) is 218 Å². The Morgan fingerprint density at radius 3 is 1.45 bits per heavy atom. The van der Waals surface area contributed by atoms with Gasteiger partial charge in [0.25, 0.3) is 0 Å². The fourth-order valence-electron chi connectivity index (χ4n) is 9.87. The summed E-state index contributed by atoms with van der Waals surface area (Å²) in [7, 11) is -2.88. The largest absolute Gasteiger partial charge is 0.309 e. The van der Waals surface area contributed by atoms with E-state index >= 15 is 0 Å². The average Bonchev–Trinajstić information content (AvgIpc) is 3.96. The zero-order chi connectivity index (χ0) is 38.2. The van der Waals surface area contributed by atoms with Crippen LogP contribution in [0.1, 0.15) is 0 Å². The second-order valence-corrected chi connectivity index (χ2v) is 20.1. The Morgan fingerprint density at radius 1 is 0.293 bits per heavy atom. The monoisotopic (exact) mass is 772 g/mol. The van der Waals surface area contributed by atoms with Gasteiger partial charge in [0.15, 0.2) is 8.07 Å². The molecule has 0 radical (unpaired) electrons. The first-order valence-corrected chi connectivity index (χ1v) is 22.8. The highest BCUT2D eigenvalue weighted by Crippen LogP contribution is 2.43. The molecule has 4 heteroatoms. The molecule has 0 unspecified atom stereocenters. The maximum Gasteiger partial charge on any atom is 0.179 e. The number of hydrogen-bond acceptors (Lipinski definition) is 1. The van der Waals surface area contributed by atoms with Crippen molar-refractivity contribution in [2.75, 3.05) is 0 Å². The van der Waals surface area contributed by atoms with E-state index in [0.717, 1.165) is 5.69 Å². The normalized spacial score (nSPS) is 12.1. The zero-order valence-electron chi connectivity index (χ0n) is 31.6. The molecule has 0 aliphatic heterocycles. The second-order valence-electron chi connectivity index (χ2n) is 15.2. The van der Waals surface area contributed by atoms with Crippen molar-refractivity contribution in [3.05, 3.63) is 218 Å². The molecule has 0 bridgehead atoms. The molecular weight excluding hydrogens is 737 g/mol. The van der Waals surface area contributed by atoms with Gasteiger partial charge in [0.05, 0.1) is 22.1 Å². The number of rotatable bonds is 6. The molecule has 2 nitrogen and oxygen atoms in total. The Balaban J connectivity index is 1.12. The van der Waals surface area contributed by atoms with E-state index in [2.05, 4.69) is 228 Å². The summed E-state index contributed by atoms with van der Waals surface area (Å²) < 4.78 is 7.57. The lowest BCUT2D eigenvalue weighted by Crippen LogP contribution is -2.74. The van der Waals surface area contributed by atoms with Gasteiger partial charge < -0.3 is 9.13 Å². The summed E-state index contributed by atoms with van der Waals surface area (Å²) in [5.41, 5.74) is 7.23. The number of hydrogen-bond donors (Lipinski definition) is 0. The van der Waals surface area contributed by atoms with Crippen LogP contribution in [0.3, 0.4) is 0 Å². The van der Waals surface area contributed by atoms with Crippen molar-refractivity contribution in [3.8, 4) is 11.4 Å². The number of thiophene rings is 1. The minimum atomic E-state index is -2.88. The number of benzene rings is 9. The lowest BCUT2D eigenvalue weighted by molar-refractivity contribution is 1.18. The Kier molecular flexibility index (Phi) is 7.46. The van der Waals surface area contributed by atoms with E-state index in [4.69, 9.17) is 0 Å². The van der Waals surface area contributed by atoms with Crippen molar-refractivity contribution in [2.45, 2.75) is 0 Å². The minimum Gasteiger partial charge on any atom is -0.309 e. The maximum absolute atomic E-state index is 2.88. The molecule has 12 rings (SSSR count). The Hall–Kier alpha value is -6.98. The fourth-order valence-corrected chi connectivity index (χ4v) is 15.7. The molecule has 58 heavy (non-hydrogen) atoms. The van der Waals surface area contributed by atoms with E-state index in [1.54, 1.807) is 0 Å². The summed E-state index contributed by atoms with van der Waals surface area (Å²) in [5.74, 6) is 0. The Bertz CT molecular complexity index is 3410. The molecule has 12 aromatic rings. The lowest BCUT2D eigenvalue weighted by Gasteiger charge is -2.35. The number of nitrogens with zero attached hydrogens (tertiary/aromatic N) is 2. The molecule has 0 spiro atoms. The summed E-state index contributed by atoms with van der Waals surface area (Å²) in [6.45, 7) is 0. The van der Waals surface area contributed by atoms with Crippen molar-refractivity contribution < 1.29 is 0 Å². The van der Waals surface area contributed by atoms with Crippen LogP contribution in [0.5, 0.6) is 0 Å². The number of aromatic nitrogens is 2. The standard InChI is InChI=1S/C54H36N2SSi/c1-3-17-39(18-4-1)58(40-19-5-2-6-20-40,41-32-30-37(31-33-41)55-47-26-11-7-22-43(47)44-23-8-12-27-48(44)55)42-21-15-16-38(36-42)56-49-28-13-9-24-45(49)53-50(56)34-35-52-54(53)46-25-10-14-29-51(46)57-52/h1-36H. The third-order valence-corrected chi connectivity index (χ3v) is 18.2. The number of fused-ring (bicyclic) bond motifs is 10. The number of para-hydroxylation sites is 3. The molecule has 0 aliphatic carbocycles. The van der Waals surface area contributed by atoms with Gasteiger partial charge in [0.1, 0.15) is 0 Å². The van der Waals surface area contributed by atoms with Gasteiger partial charge in [-0.15, -0.1) is 11.3 Å². The molecule has 0 amide bonds. The fraction of sp³-hybridized carbons (Fsp3) is 0. The molecule has 0 N–H and O–H groups in total. The SMILES string of the molecule is c1ccc([Si](c2ccccc2)(c2ccc(-n3c4ccccc4c4ccccc43)cc2)c2cccc(-n3c4ccccc4c4c5c(ccc43)sc3ccccc35)c2)cc1.